The summed E-state index contributed by atoms with van der Waals surface area (Å²) in [5, 5.41) is 4.14. The van der Waals surface area contributed by atoms with Crippen molar-refractivity contribution < 1.29 is 22.7 Å². The van der Waals surface area contributed by atoms with Crippen molar-refractivity contribution in [3.8, 4) is 0 Å². The fourth-order valence-corrected chi connectivity index (χ4v) is 2.98. The van der Waals surface area contributed by atoms with Gasteiger partial charge in [0, 0.05) is 7.11 Å². The Balaban J connectivity index is 3.32. The molecule has 0 aliphatic carbocycles. The number of sulfonamides is 1. The zero-order valence-corrected chi connectivity index (χ0v) is 13.2. The zero-order chi connectivity index (χ0) is 15.5. The van der Waals surface area contributed by atoms with E-state index in [1.54, 1.807) is 0 Å². The van der Waals surface area contributed by atoms with Gasteiger partial charge in [-0.05, 0) is 6.07 Å². The molecule has 0 aliphatic rings. The van der Waals surface area contributed by atoms with Gasteiger partial charge in [-0.25, -0.2) is 18.4 Å². The Morgan fingerprint density at radius 1 is 1.25 bits per heavy atom. The lowest BCUT2D eigenvalue weighted by atomic mass is 10.2. The molecule has 112 valence electrons. The number of rotatable bonds is 5. The Kier molecular flexibility index (Phi) is 6.06. The van der Waals surface area contributed by atoms with Crippen LogP contribution in [-0.2, 0) is 19.5 Å². The monoisotopic (exact) mass is 361 g/mol. The second-order valence-corrected chi connectivity index (χ2v) is 6.23. The van der Waals surface area contributed by atoms with Gasteiger partial charge in [-0.2, -0.15) is 0 Å². The Morgan fingerprint density at radius 2 is 1.85 bits per heavy atom. The normalized spacial score (nSPS) is 11.4. The van der Waals surface area contributed by atoms with Gasteiger partial charge in [0.2, 0.25) is 10.0 Å². The average molecular weight is 363 g/mol. The van der Waals surface area contributed by atoms with Crippen LogP contribution in [0.1, 0.15) is 10.4 Å². The van der Waals surface area contributed by atoms with Gasteiger partial charge in [-0.1, -0.05) is 34.8 Å². The largest absolute Gasteiger partial charge is 0.460 e. The first kappa shape index (κ1) is 17.5. The highest BCUT2D eigenvalue weighted by molar-refractivity contribution is 7.89. The molecule has 0 bridgehead atoms. The molecule has 2 N–H and O–H groups in total. The van der Waals surface area contributed by atoms with Crippen molar-refractivity contribution in [3.05, 3.63) is 26.7 Å². The van der Waals surface area contributed by atoms with E-state index in [9.17, 15) is 13.2 Å². The summed E-state index contributed by atoms with van der Waals surface area (Å²) in [6.07, 6.45) is 0. The van der Waals surface area contributed by atoms with Crippen molar-refractivity contribution in [3.63, 3.8) is 0 Å². The molecule has 0 fully saturated rings. The van der Waals surface area contributed by atoms with Crippen molar-refractivity contribution in [2.75, 3.05) is 20.3 Å². The summed E-state index contributed by atoms with van der Waals surface area (Å²) in [5.41, 5.74) is -0.360. The van der Waals surface area contributed by atoms with E-state index in [1.165, 1.54) is 7.11 Å². The van der Waals surface area contributed by atoms with Crippen LogP contribution in [0.15, 0.2) is 11.0 Å². The van der Waals surface area contributed by atoms with E-state index in [1.807, 2.05) is 0 Å². The molecule has 0 heterocycles. The van der Waals surface area contributed by atoms with Gasteiger partial charge in [0.05, 0.1) is 27.2 Å². The second kappa shape index (κ2) is 6.93. The quantitative estimate of drug-likeness (QED) is 0.491. The molecule has 6 nitrogen and oxygen atoms in total. The van der Waals surface area contributed by atoms with E-state index in [0.717, 1.165) is 6.07 Å². The molecular weight excluding hydrogens is 353 g/mol. The fourth-order valence-electron chi connectivity index (χ4n) is 1.26. The Hall–Kier alpha value is -0.570. The third kappa shape index (κ3) is 3.97. The predicted molar refractivity (Wildman–Crippen MR) is 75.0 cm³/mol. The van der Waals surface area contributed by atoms with E-state index >= 15 is 0 Å². The molecule has 10 heteroatoms. The van der Waals surface area contributed by atoms with E-state index < -0.39 is 25.9 Å². The van der Waals surface area contributed by atoms with Crippen LogP contribution in [0.25, 0.3) is 0 Å². The number of carbonyl (C=O) groups is 1. The number of esters is 1. The van der Waals surface area contributed by atoms with Crippen molar-refractivity contribution in [2.24, 2.45) is 5.14 Å². The number of ether oxygens (including phenoxy) is 2. The number of carbonyl (C=O) groups excluding carboxylic acids is 1. The van der Waals surface area contributed by atoms with Crippen LogP contribution >= 0.6 is 34.8 Å². The molecule has 0 amide bonds. The molecule has 0 aliphatic heterocycles. The topological polar surface area (TPSA) is 95.7 Å². The first-order valence-corrected chi connectivity index (χ1v) is 7.74. The molecule has 0 aromatic heterocycles. The van der Waals surface area contributed by atoms with Crippen LogP contribution < -0.4 is 5.14 Å². The Labute approximate surface area is 130 Å². The maximum absolute atomic E-state index is 11.9. The van der Waals surface area contributed by atoms with Crippen LogP contribution in [-0.4, -0.2) is 34.7 Å². The van der Waals surface area contributed by atoms with Crippen molar-refractivity contribution in [2.45, 2.75) is 4.90 Å². The number of primary sulfonamides is 1. The van der Waals surface area contributed by atoms with Gasteiger partial charge in [0.15, 0.2) is 0 Å². The lowest BCUT2D eigenvalue weighted by Gasteiger charge is -2.11. The van der Waals surface area contributed by atoms with Gasteiger partial charge < -0.3 is 9.47 Å². The van der Waals surface area contributed by atoms with Gasteiger partial charge in [-0.3, -0.25) is 0 Å². The Morgan fingerprint density at radius 3 is 2.35 bits per heavy atom. The number of halogens is 3. The summed E-state index contributed by atoms with van der Waals surface area (Å²) in [7, 11) is -2.74. The van der Waals surface area contributed by atoms with Crippen LogP contribution in [0.4, 0.5) is 0 Å². The zero-order valence-electron chi connectivity index (χ0n) is 10.2. The van der Waals surface area contributed by atoms with Gasteiger partial charge in [0.25, 0.3) is 0 Å². The van der Waals surface area contributed by atoms with Crippen molar-refractivity contribution in [1.29, 1.82) is 0 Å². The molecule has 1 aromatic carbocycles. The summed E-state index contributed by atoms with van der Waals surface area (Å²) in [6.45, 7) is 0.100. The second-order valence-electron chi connectivity index (χ2n) is 3.53. The number of hydrogen-bond donors (Lipinski definition) is 1. The molecular formula is C10H10Cl3NO5S. The summed E-state index contributed by atoms with van der Waals surface area (Å²) < 4.78 is 32.3. The number of benzene rings is 1. The molecule has 0 spiro atoms. The van der Waals surface area contributed by atoms with E-state index in [2.05, 4.69) is 0 Å². The number of hydrogen-bond acceptors (Lipinski definition) is 5. The first-order valence-electron chi connectivity index (χ1n) is 5.06. The summed E-state index contributed by atoms with van der Waals surface area (Å²) in [5.74, 6) is -0.926. The lowest BCUT2D eigenvalue weighted by Crippen LogP contribution is -2.16. The molecule has 1 aromatic rings. The average Bonchev–Trinajstić information content (AvgIpc) is 2.33. The molecule has 0 radical (unpaired) electrons. The highest BCUT2D eigenvalue weighted by Gasteiger charge is 2.26. The molecule has 0 unspecified atom stereocenters. The fraction of sp³-hybridized carbons (Fsp3) is 0.300. The van der Waals surface area contributed by atoms with Crippen LogP contribution in [0.5, 0.6) is 0 Å². The molecule has 0 saturated carbocycles. The van der Waals surface area contributed by atoms with Gasteiger partial charge in [0.1, 0.15) is 11.5 Å². The van der Waals surface area contributed by atoms with Crippen LogP contribution in [0, 0.1) is 0 Å². The number of methoxy groups -OCH3 is 1. The number of nitrogens with two attached hydrogens (primary N) is 1. The highest BCUT2D eigenvalue weighted by Crippen LogP contribution is 2.36. The highest BCUT2D eigenvalue weighted by atomic mass is 35.5. The summed E-state index contributed by atoms with van der Waals surface area (Å²) >= 11 is 17.4. The maximum Gasteiger partial charge on any atom is 0.341 e. The van der Waals surface area contributed by atoms with Crippen molar-refractivity contribution >= 4 is 50.8 Å². The molecule has 0 saturated heterocycles. The van der Waals surface area contributed by atoms with E-state index in [0.29, 0.717) is 0 Å². The lowest BCUT2D eigenvalue weighted by molar-refractivity contribution is 0.0388. The third-order valence-corrected chi connectivity index (χ3v) is 4.38. The first-order chi connectivity index (χ1) is 9.20. The van der Waals surface area contributed by atoms with E-state index in [4.69, 9.17) is 49.4 Å². The standard InChI is InChI=1S/C10H10Cl3NO5S/c1-18-2-3-19-10(15)7-8(12)5(11)4-6(9(7)13)20(14,16)17/h4H,2-3H2,1H3,(H2,14,16,17). The van der Waals surface area contributed by atoms with Crippen LogP contribution in [0.3, 0.4) is 0 Å². The predicted octanol–water partition coefficient (Wildman–Crippen LogP) is 2.10. The molecule has 0 atom stereocenters. The maximum atomic E-state index is 11.9. The van der Waals surface area contributed by atoms with Crippen molar-refractivity contribution in [1.82, 2.24) is 0 Å². The van der Waals surface area contributed by atoms with Crippen LogP contribution in [0.2, 0.25) is 15.1 Å². The minimum atomic E-state index is -4.16. The molecule has 20 heavy (non-hydrogen) atoms. The summed E-state index contributed by atoms with van der Waals surface area (Å²) in [6, 6.07) is 0.966. The van der Waals surface area contributed by atoms with E-state index in [-0.39, 0.29) is 28.8 Å². The minimum Gasteiger partial charge on any atom is -0.460 e. The van der Waals surface area contributed by atoms with Gasteiger partial charge in [-0.15, -0.1) is 0 Å². The Bertz CT molecular complexity index is 632. The smallest absolute Gasteiger partial charge is 0.341 e. The SMILES string of the molecule is COCCOC(=O)c1c(Cl)c(Cl)cc(S(N)(=O)=O)c1Cl. The van der Waals surface area contributed by atoms with Gasteiger partial charge >= 0.3 is 5.97 Å². The minimum absolute atomic E-state index is 0.0563. The molecule has 1 rings (SSSR count). The summed E-state index contributed by atoms with van der Waals surface area (Å²) in [4.78, 5) is 11.3. The third-order valence-electron chi connectivity index (χ3n) is 2.15.